The number of thiazole rings is 1. The molecule has 114 valence electrons. The molecule has 0 aliphatic rings. The van der Waals surface area contributed by atoms with Gasteiger partial charge in [-0.25, -0.2) is 19.4 Å². The van der Waals surface area contributed by atoms with Gasteiger partial charge < -0.3 is 10.2 Å². The maximum atomic E-state index is 12.1. The Morgan fingerprint density at radius 2 is 2.19 bits per heavy atom. The second-order valence-corrected chi connectivity index (χ2v) is 6.47. The van der Waals surface area contributed by atoms with Crippen LogP contribution >= 0.6 is 11.3 Å². The molecule has 0 fully saturated rings. The summed E-state index contributed by atoms with van der Waals surface area (Å²) in [6, 6.07) is -0.161. The number of hydrogen-bond acceptors (Lipinski definition) is 5. The van der Waals surface area contributed by atoms with E-state index in [0.717, 1.165) is 11.5 Å². The molecule has 0 atom stereocenters. The van der Waals surface area contributed by atoms with E-state index in [-0.39, 0.29) is 11.6 Å². The van der Waals surface area contributed by atoms with Crippen molar-refractivity contribution in [1.82, 2.24) is 30.0 Å². The molecule has 2 aromatic rings. The Labute approximate surface area is 128 Å². The highest BCUT2D eigenvalue weighted by molar-refractivity contribution is 7.07. The predicted octanol–water partition coefficient (Wildman–Crippen LogP) is 1.83. The molecule has 0 spiro atoms. The van der Waals surface area contributed by atoms with Gasteiger partial charge in [-0.05, 0) is 20.8 Å². The van der Waals surface area contributed by atoms with Crippen LogP contribution in [0.15, 0.2) is 17.2 Å². The van der Waals surface area contributed by atoms with Gasteiger partial charge in [0.25, 0.3) is 0 Å². The molecule has 0 aliphatic carbocycles. The molecule has 21 heavy (non-hydrogen) atoms. The van der Waals surface area contributed by atoms with Gasteiger partial charge in [-0.3, -0.25) is 0 Å². The van der Waals surface area contributed by atoms with Gasteiger partial charge in [0.15, 0.2) is 0 Å². The van der Waals surface area contributed by atoms with Crippen molar-refractivity contribution in [3.8, 4) is 0 Å². The minimum absolute atomic E-state index is 0.161. The molecule has 1 N–H and O–H groups in total. The van der Waals surface area contributed by atoms with E-state index in [1.165, 1.54) is 17.7 Å². The third-order valence-electron chi connectivity index (χ3n) is 2.88. The zero-order valence-corrected chi connectivity index (χ0v) is 13.5. The van der Waals surface area contributed by atoms with Gasteiger partial charge in [0.2, 0.25) is 0 Å². The Balaban J connectivity index is 1.91. The fourth-order valence-corrected chi connectivity index (χ4v) is 2.42. The SMILES string of the molecule is CN(Cc1cscn1)C(=O)NCc1ncnn1C(C)(C)C. The van der Waals surface area contributed by atoms with E-state index in [9.17, 15) is 4.79 Å². The molecule has 0 aromatic carbocycles. The number of hydrogen-bond donors (Lipinski definition) is 1. The minimum Gasteiger partial charge on any atom is -0.331 e. The van der Waals surface area contributed by atoms with Crippen LogP contribution in [0.1, 0.15) is 32.3 Å². The zero-order valence-electron chi connectivity index (χ0n) is 12.7. The first-order valence-corrected chi connectivity index (χ1v) is 7.57. The third-order valence-corrected chi connectivity index (χ3v) is 3.52. The number of carbonyl (C=O) groups is 1. The molecule has 0 saturated heterocycles. The number of nitrogens with one attached hydrogen (secondary N) is 1. The van der Waals surface area contributed by atoms with Crippen LogP contribution in [0.3, 0.4) is 0 Å². The Bertz CT molecular complexity index is 586. The first-order chi connectivity index (χ1) is 9.88. The summed E-state index contributed by atoms with van der Waals surface area (Å²) < 4.78 is 1.81. The van der Waals surface area contributed by atoms with E-state index in [1.807, 2.05) is 30.8 Å². The van der Waals surface area contributed by atoms with E-state index >= 15 is 0 Å². The first kappa shape index (κ1) is 15.4. The zero-order chi connectivity index (χ0) is 15.5. The summed E-state index contributed by atoms with van der Waals surface area (Å²) in [7, 11) is 1.74. The first-order valence-electron chi connectivity index (χ1n) is 6.63. The monoisotopic (exact) mass is 308 g/mol. The normalized spacial score (nSPS) is 11.4. The number of urea groups is 1. The quantitative estimate of drug-likeness (QED) is 0.935. The maximum absolute atomic E-state index is 12.1. The number of rotatable bonds is 4. The van der Waals surface area contributed by atoms with E-state index in [4.69, 9.17) is 0 Å². The summed E-state index contributed by atoms with van der Waals surface area (Å²) in [6.45, 7) is 6.96. The van der Waals surface area contributed by atoms with Crippen molar-refractivity contribution in [2.45, 2.75) is 39.4 Å². The van der Waals surface area contributed by atoms with Crippen LogP contribution in [0.25, 0.3) is 0 Å². The maximum Gasteiger partial charge on any atom is 0.317 e. The summed E-state index contributed by atoms with van der Waals surface area (Å²) >= 11 is 1.52. The molecule has 7 nitrogen and oxygen atoms in total. The molecule has 0 saturated carbocycles. The topological polar surface area (TPSA) is 75.9 Å². The molecule has 0 unspecified atom stereocenters. The summed E-state index contributed by atoms with van der Waals surface area (Å²) in [6.07, 6.45) is 1.51. The van der Waals surface area contributed by atoms with Crippen molar-refractivity contribution in [2.75, 3.05) is 7.05 Å². The highest BCUT2D eigenvalue weighted by atomic mass is 32.1. The third kappa shape index (κ3) is 4.01. The highest BCUT2D eigenvalue weighted by Crippen LogP contribution is 2.13. The summed E-state index contributed by atoms with van der Waals surface area (Å²) in [5, 5.41) is 8.98. The molecule has 2 amide bonds. The molecule has 0 radical (unpaired) electrons. The number of amides is 2. The molecular weight excluding hydrogens is 288 g/mol. The predicted molar refractivity (Wildman–Crippen MR) is 80.8 cm³/mol. The van der Waals surface area contributed by atoms with Crippen LogP contribution in [0.4, 0.5) is 4.79 Å². The van der Waals surface area contributed by atoms with Crippen LogP contribution in [-0.4, -0.2) is 37.7 Å². The smallest absolute Gasteiger partial charge is 0.317 e. The van der Waals surface area contributed by atoms with Crippen molar-refractivity contribution >= 4 is 17.4 Å². The van der Waals surface area contributed by atoms with Crippen LogP contribution in [-0.2, 0) is 18.6 Å². The van der Waals surface area contributed by atoms with E-state index < -0.39 is 0 Å². The summed E-state index contributed by atoms with van der Waals surface area (Å²) in [5.74, 6) is 0.734. The van der Waals surface area contributed by atoms with Crippen molar-refractivity contribution in [3.63, 3.8) is 0 Å². The number of nitrogens with zero attached hydrogens (tertiary/aromatic N) is 5. The Morgan fingerprint density at radius 3 is 2.81 bits per heavy atom. The average Bonchev–Trinajstić information content (AvgIpc) is 3.05. The molecule has 0 aliphatic heterocycles. The van der Waals surface area contributed by atoms with Crippen molar-refractivity contribution in [1.29, 1.82) is 0 Å². The van der Waals surface area contributed by atoms with Gasteiger partial charge in [-0.2, -0.15) is 5.10 Å². The van der Waals surface area contributed by atoms with Gasteiger partial charge in [0.1, 0.15) is 12.2 Å². The van der Waals surface area contributed by atoms with Crippen LogP contribution < -0.4 is 5.32 Å². The fraction of sp³-hybridized carbons (Fsp3) is 0.538. The Morgan fingerprint density at radius 1 is 1.43 bits per heavy atom. The lowest BCUT2D eigenvalue weighted by Gasteiger charge is -2.22. The molecule has 2 heterocycles. The van der Waals surface area contributed by atoms with Gasteiger partial charge in [-0.15, -0.1) is 11.3 Å². The van der Waals surface area contributed by atoms with Gasteiger partial charge in [-0.1, -0.05) is 0 Å². The highest BCUT2D eigenvalue weighted by Gasteiger charge is 2.19. The van der Waals surface area contributed by atoms with Crippen LogP contribution in [0.5, 0.6) is 0 Å². The van der Waals surface area contributed by atoms with Crippen molar-refractivity contribution < 1.29 is 4.79 Å². The molecule has 0 bridgehead atoms. The molecule has 2 rings (SSSR count). The molecule has 8 heteroatoms. The van der Waals surface area contributed by atoms with E-state index in [2.05, 4.69) is 20.4 Å². The number of carbonyl (C=O) groups excluding carboxylic acids is 1. The lowest BCUT2D eigenvalue weighted by atomic mass is 10.1. The summed E-state index contributed by atoms with van der Waals surface area (Å²) in [4.78, 5) is 22.0. The molecular formula is C13H20N6OS. The lowest BCUT2D eigenvalue weighted by molar-refractivity contribution is 0.205. The van der Waals surface area contributed by atoms with Crippen molar-refractivity contribution in [2.24, 2.45) is 0 Å². The Hall–Kier alpha value is -1.96. The van der Waals surface area contributed by atoms with Crippen molar-refractivity contribution in [3.05, 3.63) is 28.7 Å². The minimum atomic E-state index is -0.164. The van der Waals surface area contributed by atoms with Crippen LogP contribution in [0.2, 0.25) is 0 Å². The van der Waals surface area contributed by atoms with E-state index in [0.29, 0.717) is 13.1 Å². The van der Waals surface area contributed by atoms with Crippen LogP contribution in [0, 0.1) is 0 Å². The van der Waals surface area contributed by atoms with Gasteiger partial charge in [0, 0.05) is 12.4 Å². The second kappa shape index (κ2) is 6.21. The lowest BCUT2D eigenvalue weighted by Crippen LogP contribution is -2.38. The molecule has 2 aromatic heterocycles. The fourth-order valence-electron chi connectivity index (χ4n) is 1.87. The largest absolute Gasteiger partial charge is 0.331 e. The summed E-state index contributed by atoms with van der Waals surface area (Å²) in [5.41, 5.74) is 2.48. The van der Waals surface area contributed by atoms with Gasteiger partial charge in [0.05, 0.1) is 29.8 Å². The standard InChI is InChI=1S/C13H20N6OS/c1-13(2,3)19-11(15-8-17-19)5-14-12(20)18(4)6-10-7-21-9-16-10/h7-9H,5-6H2,1-4H3,(H,14,20). The average molecular weight is 308 g/mol. The van der Waals surface area contributed by atoms with Gasteiger partial charge >= 0.3 is 6.03 Å². The second-order valence-electron chi connectivity index (χ2n) is 5.75. The van der Waals surface area contributed by atoms with E-state index in [1.54, 1.807) is 17.5 Å². The number of aromatic nitrogens is 4. The Kier molecular flexibility index (Phi) is 4.56.